The Morgan fingerprint density at radius 1 is 1.50 bits per heavy atom. The van der Waals surface area contributed by atoms with Crippen LogP contribution in [0.4, 0.5) is 0 Å². The Morgan fingerprint density at radius 3 is 2.60 bits per heavy atom. The van der Waals surface area contributed by atoms with E-state index in [9.17, 15) is 5.11 Å². The van der Waals surface area contributed by atoms with Crippen LogP contribution in [-0.2, 0) is 0 Å². The molecule has 60 valence electrons. The van der Waals surface area contributed by atoms with Crippen LogP contribution in [0.5, 0.6) is 0 Å². The molecule has 0 radical (unpaired) electrons. The molecule has 1 aliphatic rings. The van der Waals surface area contributed by atoms with Gasteiger partial charge in [0, 0.05) is 0 Å². The standard InChI is InChI=1S/C8H17NO/c1-2-9-7-6-8(10)4-3-5-8/h9-10H,2-7H2,1H3. The van der Waals surface area contributed by atoms with E-state index in [2.05, 4.69) is 12.2 Å². The molecule has 0 bridgehead atoms. The van der Waals surface area contributed by atoms with Crippen molar-refractivity contribution in [1.82, 2.24) is 5.32 Å². The summed E-state index contributed by atoms with van der Waals surface area (Å²) in [5.74, 6) is 0. The van der Waals surface area contributed by atoms with E-state index >= 15 is 0 Å². The molecule has 0 amide bonds. The molecule has 0 aromatic rings. The first-order valence-corrected chi connectivity index (χ1v) is 4.20. The molecule has 0 aromatic carbocycles. The van der Waals surface area contributed by atoms with Gasteiger partial charge in [-0.1, -0.05) is 6.92 Å². The SMILES string of the molecule is CCNCCC1(O)CCC1. The summed E-state index contributed by atoms with van der Waals surface area (Å²) in [6.07, 6.45) is 4.17. The molecule has 10 heavy (non-hydrogen) atoms. The van der Waals surface area contributed by atoms with Crippen LogP contribution in [0.2, 0.25) is 0 Å². The topological polar surface area (TPSA) is 32.3 Å². The Kier molecular flexibility index (Phi) is 2.69. The molecule has 0 saturated heterocycles. The van der Waals surface area contributed by atoms with E-state index in [0.29, 0.717) is 0 Å². The fourth-order valence-electron chi connectivity index (χ4n) is 1.33. The molecule has 1 rings (SSSR count). The third-order valence-electron chi connectivity index (χ3n) is 2.30. The Labute approximate surface area is 62.6 Å². The molecule has 0 aromatic heterocycles. The third-order valence-corrected chi connectivity index (χ3v) is 2.30. The van der Waals surface area contributed by atoms with Crippen LogP contribution in [0, 0.1) is 0 Å². The Bertz CT molecular complexity index is 99.4. The van der Waals surface area contributed by atoms with Gasteiger partial charge in [0.2, 0.25) is 0 Å². The van der Waals surface area contributed by atoms with Gasteiger partial charge in [-0.3, -0.25) is 0 Å². The zero-order chi connectivity index (χ0) is 7.45. The second-order valence-electron chi connectivity index (χ2n) is 3.18. The van der Waals surface area contributed by atoms with Crippen LogP contribution in [0.15, 0.2) is 0 Å². The number of rotatable bonds is 4. The van der Waals surface area contributed by atoms with Crippen LogP contribution >= 0.6 is 0 Å². The maximum absolute atomic E-state index is 9.60. The van der Waals surface area contributed by atoms with E-state index in [1.165, 1.54) is 6.42 Å². The molecule has 0 unspecified atom stereocenters. The average Bonchev–Trinajstić information content (AvgIpc) is 1.85. The van der Waals surface area contributed by atoms with Gasteiger partial charge in [0.15, 0.2) is 0 Å². The summed E-state index contributed by atoms with van der Waals surface area (Å²) in [5, 5.41) is 12.8. The van der Waals surface area contributed by atoms with Gasteiger partial charge >= 0.3 is 0 Å². The van der Waals surface area contributed by atoms with Gasteiger partial charge in [-0.25, -0.2) is 0 Å². The second-order valence-corrected chi connectivity index (χ2v) is 3.18. The van der Waals surface area contributed by atoms with Gasteiger partial charge in [0.25, 0.3) is 0 Å². The highest BCUT2D eigenvalue weighted by molar-refractivity contribution is 4.87. The largest absolute Gasteiger partial charge is 0.390 e. The van der Waals surface area contributed by atoms with Crippen LogP contribution in [0.3, 0.4) is 0 Å². The highest BCUT2D eigenvalue weighted by Gasteiger charge is 2.33. The highest BCUT2D eigenvalue weighted by atomic mass is 16.3. The van der Waals surface area contributed by atoms with Gasteiger partial charge in [0.1, 0.15) is 0 Å². The van der Waals surface area contributed by atoms with Gasteiger partial charge in [-0.15, -0.1) is 0 Å². The fraction of sp³-hybridized carbons (Fsp3) is 1.00. The fourth-order valence-corrected chi connectivity index (χ4v) is 1.33. The Morgan fingerprint density at radius 2 is 2.20 bits per heavy atom. The zero-order valence-corrected chi connectivity index (χ0v) is 6.69. The van der Waals surface area contributed by atoms with E-state index < -0.39 is 0 Å². The van der Waals surface area contributed by atoms with E-state index in [0.717, 1.165) is 32.4 Å². The number of hydrogen-bond donors (Lipinski definition) is 2. The first-order chi connectivity index (χ1) is 4.77. The molecule has 1 fully saturated rings. The van der Waals surface area contributed by atoms with E-state index in [4.69, 9.17) is 0 Å². The quantitative estimate of drug-likeness (QED) is 0.573. The van der Waals surface area contributed by atoms with E-state index in [1.807, 2.05) is 0 Å². The van der Waals surface area contributed by atoms with Crippen molar-refractivity contribution < 1.29 is 5.11 Å². The lowest BCUT2D eigenvalue weighted by Crippen LogP contribution is -2.39. The monoisotopic (exact) mass is 143 g/mol. The van der Waals surface area contributed by atoms with Crippen LogP contribution in [-0.4, -0.2) is 23.8 Å². The predicted molar refractivity (Wildman–Crippen MR) is 42.0 cm³/mol. The minimum Gasteiger partial charge on any atom is -0.390 e. The average molecular weight is 143 g/mol. The lowest BCUT2D eigenvalue weighted by atomic mass is 9.78. The van der Waals surface area contributed by atoms with Crippen molar-refractivity contribution in [2.75, 3.05) is 13.1 Å². The molecule has 0 heterocycles. The summed E-state index contributed by atoms with van der Waals surface area (Å²) in [4.78, 5) is 0. The maximum atomic E-state index is 9.60. The second kappa shape index (κ2) is 3.35. The maximum Gasteiger partial charge on any atom is 0.0660 e. The normalized spacial score (nSPS) is 22.2. The summed E-state index contributed by atoms with van der Waals surface area (Å²) in [7, 11) is 0. The van der Waals surface area contributed by atoms with Crippen molar-refractivity contribution in [2.45, 2.75) is 38.2 Å². The van der Waals surface area contributed by atoms with Gasteiger partial charge in [-0.2, -0.15) is 0 Å². The molecule has 2 heteroatoms. The lowest BCUT2D eigenvalue weighted by molar-refractivity contribution is -0.0393. The Hall–Kier alpha value is -0.0800. The van der Waals surface area contributed by atoms with Gasteiger partial charge in [0.05, 0.1) is 5.60 Å². The van der Waals surface area contributed by atoms with Crippen LogP contribution in [0.25, 0.3) is 0 Å². The molecular formula is C8H17NO. The lowest BCUT2D eigenvalue weighted by Gasteiger charge is -2.36. The molecule has 1 saturated carbocycles. The van der Waals surface area contributed by atoms with Gasteiger partial charge in [-0.05, 0) is 38.8 Å². The van der Waals surface area contributed by atoms with Crippen molar-refractivity contribution in [3.8, 4) is 0 Å². The van der Waals surface area contributed by atoms with E-state index in [-0.39, 0.29) is 5.60 Å². The minimum absolute atomic E-state index is 0.290. The Balaban J connectivity index is 2.01. The van der Waals surface area contributed by atoms with Crippen molar-refractivity contribution in [3.63, 3.8) is 0 Å². The molecule has 0 spiro atoms. The molecule has 2 N–H and O–H groups in total. The smallest absolute Gasteiger partial charge is 0.0660 e. The predicted octanol–water partition coefficient (Wildman–Crippen LogP) is 0.901. The van der Waals surface area contributed by atoms with E-state index in [1.54, 1.807) is 0 Å². The summed E-state index contributed by atoms with van der Waals surface area (Å²) in [5.41, 5.74) is -0.290. The molecular weight excluding hydrogens is 126 g/mol. The number of hydrogen-bond acceptors (Lipinski definition) is 2. The van der Waals surface area contributed by atoms with Crippen molar-refractivity contribution in [3.05, 3.63) is 0 Å². The first-order valence-electron chi connectivity index (χ1n) is 4.20. The summed E-state index contributed by atoms with van der Waals surface area (Å²) >= 11 is 0. The summed E-state index contributed by atoms with van der Waals surface area (Å²) in [6.45, 7) is 4.06. The molecule has 1 aliphatic carbocycles. The first kappa shape index (κ1) is 8.02. The molecule has 0 aliphatic heterocycles. The van der Waals surface area contributed by atoms with Crippen molar-refractivity contribution in [1.29, 1.82) is 0 Å². The zero-order valence-electron chi connectivity index (χ0n) is 6.69. The molecule has 2 nitrogen and oxygen atoms in total. The van der Waals surface area contributed by atoms with Crippen LogP contribution < -0.4 is 5.32 Å². The number of aliphatic hydroxyl groups is 1. The minimum atomic E-state index is -0.290. The van der Waals surface area contributed by atoms with Crippen LogP contribution in [0.1, 0.15) is 32.6 Å². The summed E-state index contributed by atoms with van der Waals surface area (Å²) < 4.78 is 0. The highest BCUT2D eigenvalue weighted by Crippen LogP contribution is 2.33. The van der Waals surface area contributed by atoms with Crippen molar-refractivity contribution >= 4 is 0 Å². The summed E-state index contributed by atoms with van der Waals surface area (Å²) in [6, 6.07) is 0. The van der Waals surface area contributed by atoms with Gasteiger partial charge < -0.3 is 10.4 Å². The third kappa shape index (κ3) is 1.96. The molecule has 0 atom stereocenters. The van der Waals surface area contributed by atoms with Crippen molar-refractivity contribution in [2.24, 2.45) is 0 Å². The number of nitrogens with one attached hydrogen (secondary N) is 1.